The highest BCUT2D eigenvalue weighted by molar-refractivity contribution is 9.10. The molecule has 0 bridgehead atoms. The number of hydrogen-bond donors (Lipinski definition) is 2. The van der Waals surface area contributed by atoms with Crippen molar-refractivity contribution in [1.82, 2.24) is 4.98 Å². The van der Waals surface area contributed by atoms with Gasteiger partial charge in [-0.3, -0.25) is 9.59 Å². The molecule has 7 heteroatoms. The van der Waals surface area contributed by atoms with E-state index in [0.29, 0.717) is 14.5 Å². The minimum atomic E-state index is -0.330. The molecule has 4 nitrogen and oxygen atoms in total. The van der Waals surface area contributed by atoms with E-state index < -0.39 is 0 Å². The summed E-state index contributed by atoms with van der Waals surface area (Å²) in [5, 5.41) is 3.64. The molecule has 2 aromatic rings. The molecule has 1 heterocycles. The lowest BCUT2D eigenvalue weighted by atomic mass is 10.1. The molecule has 0 radical (unpaired) electrons. The van der Waals surface area contributed by atoms with Crippen LogP contribution in [-0.4, -0.2) is 10.9 Å². The van der Waals surface area contributed by atoms with Crippen molar-refractivity contribution in [1.29, 1.82) is 0 Å². The summed E-state index contributed by atoms with van der Waals surface area (Å²) < 4.78 is 0.694. The zero-order valence-corrected chi connectivity index (χ0v) is 14.3. The number of pyridine rings is 1. The predicted molar refractivity (Wildman–Crippen MR) is 90.7 cm³/mol. The number of rotatable bonds is 3. The first-order valence-corrected chi connectivity index (χ1v) is 8.14. The molecule has 0 aliphatic heterocycles. The lowest BCUT2D eigenvalue weighted by molar-refractivity contribution is -0.117. The van der Waals surface area contributed by atoms with Gasteiger partial charge in [0.15, 0.2) is 0 Å². The Morgan fingerprint density at radius 3 is 2.77 bits per heavy atom. The van der Waals surface area contributed by atoms with Crippen LogP contribution in [0.3, 0.4) is 0 Å². The third-order valence-corrected chi connectivity index (χ3v) is 4.82. The summed E-state index contributed by atoms with van der Waals surface area (Å²) in [6.07, 6.45) is 2.25. The molecular formula is C15H11BrCl2N2O2. The van der Waals surface area contributed by atoms with Crippen molar-refractivity contribution < 1.29 is 4.79 Å². The van der Waals surface area contributed by atoms with E-state index >= 15 is 0 Å². The number of carbonyl (C=O) groups is 1. The van der Waals surface area contributed by atoms with Crippen LogP contribution in [0.4, 0.5) is 5.69 Å². The molecule has 114 valence electrons. The molecule has 2 N–H and O–H groups in total. The number of H-pyrrole nitrogens is 1. The molecule has 3 rings (SSSR count). The average Bonchev–Trinajstić information content (AvgIpc) is 3.26. The van der Waals surface area contributed by atoms with Gasteiger partial charge in [0.25, 0.3) is 5.56 Å². The number of aromatic nitrogens is 1. The number of aromatic amines is 1. The van der Waals surface area contributed by atoms with Crippen LogP contribution < -0.4 is 10.9 Å². The highest BCUT2D eigenvalue weighted by Gasteiger charge is 2.44. The number of anilines is 1. The van der Waals surface area contributed by atoms with Gasteiger partial charge in [0.2, 0.25) is 5.91 Å². The Morgan fingerprint density at radius 2 is 2.05 bits per heavy atom. The summed E-state index contributed by atoms with van der Waals surface area (Å²) in [6.45, 7) is 0. The molecule has 1 aliphatic rings. The van der Waals surface area contributed by atoms with E-state index in [1.165, 1.54) is 6.20 Å². The number of amides is 1. The van der Waals surface area contributed by atoms with Crippen molar-refractivity contribution >= 4 is 50.7 Å². The maximum Gasteiger partial charge on any atom is 0.271 e. The Labute approximate surface area is 145 Å². The summed E-state index contributed by atoms with van der Waals surface area (Å²) in [7, 11) is 0. The van der Waals surface area contributed by atoms with Crippen molar-refractivity contribution in [2.24, 2.45) is 5.92 Å². The Morgan fingerprint density at radius 1 is 1.27 bits per heavy atom. The number of halogens is 3. The lowest BCUT2D eigenvalue weighted by Crippen LogP contribution is -2.21. The van der Waals surface area contributed by atoms with Crippen LogP contribution in [0.2, 0.25) is 10.0 Å². The molecule has 2 unspecified atom stereocenters. The van der Waals surface area contributed by atoms with Crippen LogP contribution in [0, 0.1) is 5.92 Å². The van der Waals surface area contributed by atoms with Crippen molar-refractivity contribution in [2.75, 3.05) is 5.32 Å². The number of benzene rings is 1. The fourth-order valence-corrected chi connectivity index (χ4v) is 3.02. The van der Waals surface area contributed by atoms with Crippen LogP contribution >= 0.6 is 39.1 Å². The molecule has 22 heavy (non-hydrogen) atoms. The highest BCUT2D eigenvalue weighted by Crippen LogP contribution is 2.48. The fraction of sp³-hybridized carbons (Fsp3) is 0.200. The van der Waals surface area contributed by atoms with E-state index in [4.69, 9.17) is 23.2 Å². The molecule has 1 aliphatic carbocycles. The van der Waals surface area contributed by atoms with Crippen molar-refractivity contribution in [2.45, 2.75) is 12.3 Å². The molecule has 1 saturated carbocycles. The molecule has 0 spiro atoms. The quantitative estimate of drug-likeness (QED) is 0.809. The zero-order valence-electron chi connectivity index (χ0n) is 11.2. The molecule has 2 atom stereocenters. The van der Waals surface area contributed by atoms with Gasteiger partial charge in [0, 0.05) is 16.6 Å². The van der Waals surface area contributed by atoms with Gasteiger partial charge in [-0.1, -0.05) is 29.3 Å². The number of hydrogen-bond acceptors (Lipinski definition) is 2. The third kappa shape index (κ3) is 3.21. The predicted octanol–water partition coefficient (Wildman–Crippen LogP) is 4.19. The second-order valence-corrected chi connectivity index (χ2v) is 6.90. The summed E-state index contributed by atoms with van der Waals surface area (Å²) in [6, 6.07) is 6.96. The van der Waals surface area contributed by atoms with Crippen molar-refractivity contribution in [3.8, 4) is 0 Å². The lowest BCUT2D eigenvalue weighted by Gasteiger charge is -2.05. The Bertz CT molecular complexity index is 806. The first-order chi connectivity index (χ1) is 10.5. The molecule has 1 aromatic carbocycles. The van der Waals surface area contributed by atoms with Gasteiger partial charge in [-0.05, 0) is 52.0 Å². The van der Waals surface area contributed by atoms with Gasteiger partial charge in [-0.25, -0.2) is 0 Å². The topological polar surface area (TPSA) is 62.0 Å². The second kappa shape index (κ2) is 6.07. The molecule has 1 fully saturated rings. The standard InChI is InChI=1S/C15H11BrCl2N2O2/c16-8-4-13(15(22)19-6-8)20-14(21)10-5-9(10)7-1-2-11(17)12(18)3-7/h1-4,6,9-10H,5H2,(H,19,22)(H,20,21). The number of carbonyl (C=O) groups excluding carboxylic acids is 1. The largest absolute Gasteiger partial charge is 0.326 e. The average molecular weight is 402 g/mol. The fourth-order valence-electron chi connectivity index (χ4n) is 2.37. The monoisotopic (exact) mass is 400 g/mol. The van der Waals surface area contributed by atoms with Gasteiger partial charge in [-0.15, -0.1) is 0 Å². The van der Waals surface area contributed by atoms with Gasteiger partial charge >= 0.3 is 0 Å². The normalized spacial score (nSPS) is 19.8. The smallest absolute Gasteiger partial charge is 0.271 e. The maximum absolute atomic E-state index is 12.2. The van der Waals surface area contributed by atoms with Gasteiger partial charge in [0.05, 0.1) is 10.0 Å². The Kier molecular flexibility index (Phi) is 4.30. The van der Waals surface area contributed by atoms with Gasteiger partial charge < -0.3 is 10.3 Å². The van der Waals surface area contributed by atoms with Crippen molar-refractivity contribution in [3.05, 3.63) is 60.9 Å². The first-order valence-electron chi connectivity index (χ1n) is 6.60. The molecular weight excluding hydrogens is 391 g/mol. The molecule has 1 amide bonds. The van der Waals surface area contributed by atoms with Gasteiger partial charge in [-0.2, -0.15) is 0 Å². The van der Waals surface area contributed by atoms with E-state index in [1.807, 2.05) is 6.07 Å². The zero-order chi connectivity index (χ0) is 15.9. The molecule has 1 aromatic heterocycles. The molecule has 0 saturated heterocycles. The first kappa shape index (κ1) is 15.6. The summed E-state index contributed by atoms with van der Waals surface area (Å²) >= 11 is 15.1. The van der Waals surface area contributed by atoms with Crippen LogP contribution in [0.5, 0.6) is 0 Å². The van der Waals surface area contributed by atoms with Crippen molar-refractivity contribution in [3.63, 3.8) is 0 Å². The maximum atomic E-state index is 12.2. The Hall–Kier alpha value is -1.30. The summed E-state index contributed by atoms with van der Waals surface area (Å²) in [4.78, 5) is 26.4. The Balaban J connectivity index is 1.71. The van der Waals surface area contributed by atoms with E-state index in [1.54, 1.807) is 18.2 Å². The van der Waals surface area contributed by atoms with Crippen LogP contribution in [0.25, 0.3) is 0 Å². The third-order valence-electron chi connectivity index (χ3n) is 3.62. The second-order valence-electron chi connectivity index (χ2n) is 5.17. The summed E-state index contributed by atoms with van der Waals surface area (Å²) in [5.41, 5.74) is 0.889. The minimum absolute atomic E-state index is 0.112. The highest BCUT2D eigenvalue weighted by atomic mass is 79.9. The SMILES string of the molecule is O=C(Nc1cc(Br)c[nH]c1=O)C1CC1c1ccc(Cl)c(Cl)c1. The van der Waals surface area contributed by atoms with E-state index in [-0.39, 0.29) is 29.0 Å². The van der Waals surface area contributed by atoms with Crippen LogP contribution in [0.15, 0.2) is 39.7 Å². The van der Waals surface area contributed by atoms with Crippen LogP contribution in [-0.2, 0) is 4.79 Å². The van der Waals surface area contributed by atoms with E-state index in [0.717, 1.165) is 12.0 Å². The minimum Gasteiger partial charge on any atom is -0.326 e. The van der Waals surface area contributed by atoms with Gasteiger partial charge in [0.1, 0.15) is 5.69 Å². The summed E-state index contributed by atoms with van der Waals surface area (Å²) in [5.74, 6) is -0.212. The van der Waals surface area contributed by atoms with E-state index in [9.17, 15) is 9.59 Å². The number of nitrogens with one attached hydrogen (secondary N) is 2. The van der Waals surface area contributed by atoms with Crippen LogP contribution in [0.1, 0.15) is 17.9 Å². The van der Waals surface area contributed by atoms with E-state index in [2.05, 4.69) is 26.2 Å².